The van der Waals surface area contributed by atoms with Gasteiger partial charge >= 0.3 is 0 Å². The Labute approximate surface area is 134 Å². The lowest BCUT2D eigenvalue weighted by Crippen LogP contribution is -2.39. The van der Waals surface area contributed by atoms with Crippen LogP contribution >= 0.6 is 27.7 Å². The average molecular weight is 355 g/mol. The fourth-order valence-electron chi connectivity index (χ4n) is 2.59. The number of thioether (sulfide) groups is 1. The normalized spacial score (nSPS) is 24.0. The molecule has 1 saturated heterocycles. The van der Waals surface area contributed by atoms with Gasteiger partial charge < -0.3 is 5.32 Å². The van der Waals surface area contributed by atoms with Crippen LogP contribution in [0.3, 0.4) is 0 Å². The van der Waals surface area contributed by atoms with Gasteiger partial charge in [-0.2, -0.15) is 11.8 Å². The number of halogens is 1. The van der Waals surface area contributed by atoms with Crippen molar-refractivity contribution in [2.45, 2.75) is 44.9 Å². The van der Waals surface area contributed by atoms with Crippen LogP contribution < -0.4 is 5.32 Å². The van der Waals surface area contributed by atoms with E-state index in [-0.39, 0.29) is 0 Å². The van der Waals surface area contributed by atoms with Gasteiger partial charge in [-0.25, -0.2) is 0 Å². The van der Waals surface area contributed by atoms with Crippen LogP contribution in [0.4, 0.5) is 0 Å². The van der Waals surface area contributed by atoms with Crippen molar-refractivity contribution in [3.05, 3.63) is 33.8 Å². The largest absolute Gasteiger partial charge is 0.310 e. The van der Waals surface area contributed by atoms with Crippen LogP contribution in [0.2, 0.25) is 0 Å². The summed E-state index contributed by atoms with van der Waals surface area (Å²) in [6, 6.07) is 8.33. The topological polar surface area (TPSA) is 15.3 Å². The van der Waals surface area contributed by atoms with E-state index in [1.54, 1.807) is 0 Å². The van der Waals surface area contributed by atoms with Crippen molar-refractivity contribution in [3.63, 3.8) is 0 Å². The van der Waals surface area contributed by atoms with Crippen molar-refractivity contribution in [1.82, 2.24) is 10.2 Å². The first-order valence-corrected chi connectivity index (χ1v) is 9.49. The Morgan fingerprint density at radius 2 is 2.25 bits per heavy atom. The van der Waals surface area contributed by atoms with Gasteiger partial charge in [-0.05, 0) is 37.0 Å². The number of nitrogens with zero attached hydrogens (tertiary/aromatic N) is 1. The summed E-state index contributed by atoms with van der Waals surface area (Å²) in [5.41, 5.74) is 2.80. The lowest BCUT2D eigenvalue weighted by Gasteiger charge is -2.33. The zero-order valence-corrected chi connectivity index (χ0v) is 14.5. The van der Waals surface area contributed by atoms with Crippen molar-refractivity contribution < 1.29 is 0 Å². The molecule has 4 heteroatoms. The molecule has 1 heterocycles. The fraction of sp³-hybridized carbons (Fsp3) is 0.625. The van der Waals surface area contributed by atoms with E-state index >= 15 is 0 Å². The minimum atomic E-state index is 0.692. The zero-order chi connectivity index (χ0) is 13.9. The van der Waals surface area contributed by atoms with Gasteiger partial charge in [0.05, 0.1) is 0 Å². The first-order chi connectivity index (χ1) is 9.72. The first kappa shape index (κ1) is 14.9. The summed E-state index contributed by atoms with van der Waals surface area (Å²) in [4.78, 5) is 2.60. The van der Waals surface area contributed by atoms with Gasteiger partial charge in [0.25, 0.3) is 0 Å². The monoisotopic (exact) mass is 354 g/mol. The van der Waals surface area contributed by atoms with Crippen molar-refractivity contribution in [3.8, 4) is 0 Å². The third-order valence-corrected chi connectivity index (χ3v) is 6.10. The second-order valence-corrected chi connectivity index (χ2v) is 7.98. The van der Waals surface area contributed by atoms with Gasteiger partial charge in [0.15, 0.2) is 0 Å². The second kappa shape index (κ2) is 6.82. The maximum Gasteiger partial charge on any atom is 0.0248 e. The summed E-state index contributed by atoms with van der Waals surface area (Å²) in [5, 5.41) is 3.57. The molecule has 20 heavy (non-hydrogen) atoms. The number of hydrogen-bond acceptors (Lipinski definition) is 3. The number of benzene rings is 1. The molecule has 0 amide bonds. The van der Waals surface area contributed by atoms with Crippen molar-refractivity contribution in [1.29, 1.82) is 0 Å². The molecule has 1 saturated carbocycles. The molecule has 1 aliphatic heterocycles. The predicted molar refractivity (Wildman–Crippen MR) is 91.2 cm³/mol. The SMILES string of the molecule is CC1CSCCN1Cc1ccc(CNC2CC2)cc1Br. The quantitative estimate of drug-likeness (QED) is 0.868. The highest BCUT2D eigenvalue weighted by Gasteiger charge is 2.21. The molecular weight excluding hydrogens is 332 g/mol. The van der Waals surface area contributed by atoms with E-state index < -0.39 is 0 Å². The van der Waals surface area contributed by atoms with Crippen LogP contribution in [-0.4, -0.2) is 35.0 Å². The Morgan fingerprint density at radius 1 is 1.40 bits per heavy atom. The Bertz CT molecular complexity index is 462. The Kier molecular flexibility index (Phi) is 5.08. The molecule has 1 aliphatic carbocycles. The molecule has 1 N–H and O–H groups in total. The molecule has 1 aromatic carbocycles. The zero-order valence-electron chi connectivity index (χ0n) is 12.1. The van der Waals surface area contributed by atoms with Crippen LogP contribution in [-0.2, 0) is 13.1 Å². The molecule has 0 aromatic heterocycles. The molecule has 2 fully saturated rings. The van der Waals surface area contributed by atoms with Crippen LogP contribution in [0.5, 0.6) is 0 Å². The molecule has 1 aromatic rings. The highest BCUT2D eigenvalue weighted by molar-refractivity contribution is 9.10. The third-order valence-electron chi connectivity index (χ3n) is 4.17. The third kappa shape index (κ3) is 4.00. The minimum Gasteiger partial charge on any atom is -0.310 e. The molecule has 0 spiro atoms. The lowest BCUT2D eigenvalue weighted by molar-refractivity contribution is 0.223. The number of nitrogens with one attached hydrogen (secondary N) is 1. The summed E-state index contributed by atoms with van der Waals surface area (Å²) in [5.74, 6) is 2.53. The molecule has 0 bridgehead atoms. The number of hydrogen-bond donors (Lipinski definition) is 1. The number of rotatable bonds is 5. The Hall–Kier alpha value is -0.0300. The van der Waals surface area contributed by atoms with Gasteiger partial charge in [-0.3, -0.25) is 4.90 Å². The van der Waals surface area contributed by atoms with Gasteiger partial charge in [0, 0.05) is 47.7 Å². The van der Waals surface area contributed by atoms with E-state index in [1.165, 1.54) is 46.5 Å². The highest BCUT2D eigenvalue weighted by atomic mass is 79.9. The Balaban J connectivity index is 1.60. The molecule has 1 atom stereocenters. The molecular formula is C16H23BrN2S. The van der Waals surface area contributed by atoms with Crippen LogP contribution in [0.15, 0.2) is 22.7 Å². The van der Waals surface area contributed by atoms with E-state index in [1.807, 2.05) is 0 Å². The predicted octanol–water partition coefficient (Wildman–Crippen LogP) is 3.64. The molecule has 110 valence electrons. The molecule has 0 radical (unpaired) electrons. The van der Waals surface area contributed by atoms with E-state index in [0.717, 1.165) is 19.1 Å². The summed E-state index contributed by atoms with van der Waals surface area (Å²) >= 11 is 5.83. The standard InChI is InChI=1S/C16H23BrN2S/c1-12-11-20-7-6-19(12)10-14-3-2-13(8-16(14)17)9-18-15-4-5-15/h2-3,8,12,15,18H,4-7,9-11H2,1H3. The van der Waals surface area contributed by atoms with Crippen molar-refractivity contribution in [2.24, 2.45) is 0 Å². The minimum absolute atomic E-state index is 0.692. The van der Waals surface area contributed by atoms with Gasteiger partial charge in [-0.1, -0.05) is 28.1 Å². The first-order valence-electron chi connectivity index (χ1n) is 7.55. The van der Waals surface area contributed by atoms with E-state index in [0.29, 0.717) is 6.04 Å². The van der Waals surface area contributed by atoms with Gasteiger partial charge in [0.2, 0.25) is 0 Å². The summed E-state index contributed by atoms with van der Waals surface area (Å²) in [7, 11) is 0. The molecule has 2 aliphatic rings. The summed E-state index contributed by atoms with van der Waals surface area (Å²) in [6.45, 7) is 5.62. The van der Waals surface area contributed by atoms with E-state index in [2.05, 4.69) is 63.0 Å². The maximum atomic E-state index is 3.76. The van der Waals surface area contributed by atoms with Crippen molar-refractivity contribution in [2.75, 3.05) is 18.1 Å². The van der Waals surface area contributed by atoms with Gasteiger partial charge in [-0.15, -0.1) is 0 Å². The molecule has 2 nitrogen and oxygen atoms in total. The molecule has 1 unspecified atom stereocenters. The van der Waals surface area contributed by atoms with Crippen LogP contribution in [0.25, 0.3) is 0 Å². The highest BCUT2D eigenvalue weighted by Crippen LogP contribution is 2.25. The average Bonchev–Trinajstić information content (AvgIpc) is 3.26. The van der Waals surface area contributed by atoms with Crippen LogP contribution in [0.1, 0.15) is 30.9 Å². The lowest BCUT2D eigenvalue weighted by atomic mass is 10.1. The molecule has 3 rings (SSSR count). The van der Waals surface area contributed by atoms with E-state index in [4.69, 9.17) is 0 Å². The smallest absolute Gasteiger partial charge is 0.0248 e. The van der Waals surface area contributed by atoms with Gasteiger partial charge in [0.1, 0.15) is 0 Å². The van der Waals surface area contributed by atoms with Crippen molar-refractivity contribution >= 4 is 27.7 Å². The van der Waals surface area contributed by atoms with E-state index in [9.17, 15) is 0 Å². The summed E-state index contributed by atoms with van der Waals surface area (Å²) < 4.78 is 1.26. The fourth-order valence-corrected chi connectivity index (χ4v) is 4.23. The summed E-state index contributed by atoms with van der Waals surface area (Å²) in [6.07, 6.45) is 2.70. The maximum absolute atomic E-state index is 3.76. The Morgan fingerprint density at radius 3 is 2.95 bits per heavy atom. The second-order valence-electron chi connectivity index (χ2n) is 5.98. The van der Waals surface area contributed by atoms with Crippen LogP contribution in [0, 0.1) is 0 Å².